The van der Waals surface area contributed by atoms with E-state index >= 15 is 0 Å². The van der Waals surface area contributed by atoms with Crippen molar-refractivity contribution < 1.29 is 5.11 Å². The Kier molecular flexibility index (Phi) is 3.73. The van der Waals surface area contributed by atoms with E-state index in [9.17, 15) is 5.11 Å². The van der Waals surface area contributed by atoms with Crippen LogP contribution in [0.3, 0.4) is 0 Å². The summed E-state index contributed by atoms with van der Waals surface area (Å²) in [4.78, 5) is 4.38. The lowest BCUT2D eigenvalue weighted by molar-refractivity contribution is -0.0238. The molecule has 1 N–H and O–H groups in total. The molecule has 4 aliphatic rings. The fourth-order valence-corrected chi connectivity index (χ4v) is 7.18. The molecule has 0 unspecified atom stereocenters. The van der Waals surface area contributed by atoms with E-state index in [1.807, 2.05) is 12.4 Å². The van der Waals surface area contributed by atoms with E-state index in [-0.39, 0.29) is 6.10 Å². The zero-order valence-electron chi connectivity index (χ0n) is 16.1. The highest BCUT2D eigenvalue weighted by Crippen LogP contribution is 2.66. The highest BCUT2D eigenvalue weighted by molar-refractivity contribution is 5.72. The van der Waals surface area contributed by atoms with E-state index in [4.69, 9.17) is 0 Å². The summed E-state index contributed by atoms with van der Waals surface area (Å²) in [7, 11) is 0. The van der Waals surface area contributed by atoms with Crippen molar-refractivity contribution in [3.05, 3.63) is 47.8 Å². The fraction of sp³-hybridized carbons (Fsp3) is 0.625. The van der Waals surface area contributed by atoms with E-state index in [0.717, 1.165) is 30.6 Å². The van der Waals surface area contributed by atoms with Gasteiger partial charge in [-0.05, 0) is 90.7 Å². The average molecular weight is 350 g/mol. The smallest absolute Gasteiger partial charge is 0.0577 e. The predicted octanol–water partition coefficient (Wildman–Crippen LogP) is 5.40. The van der Waals surface area contributed by atoms with Gasteiger partial charge >= 0.3 is 0 Å². The van der Waals surface area contributed by atoms with Crippen LogP contribution in [0.15, 0.2) is 42.3 Å². The molecule has 0 amide bonds. The van der Waals surface area contributed by atoms with Gasteiger partial charge < -0.3 is 5.11 Å². The first-order chi connectivity index (χ1) is 12.5. The number of aromatic nitrogens is 1. The van der Waals surface area contributed by atoms with Gasteiger partial charge in [0.1, 0.15) is 0 Å². The Hall–Kier alpha value is -1.41. The number of fused-ring (bicyclic) bond motifs is 5. The quantitative estimate of drug-likeness (QED) is 0.689. The number of hydrogen-bond donors (Lipinski definition) is 1. The van der Waals surface area contributed by atoms with Crippen LogP contribution < -0.4 is 0 Å². The second-order valence-electron chi connectivity index (χ2n) is 9.71. The van der Waals surface area contributed by atoms with Gasteiger partial charge in [-0.25, -0.2) is 0 Å². The molecule has 2 fully saturated rings. The Morgan fingerprint density at radius 1 is 1.04 bits per heavy atom. The number of allylic oxidation sites excluding steroid dienone is 3. The third-order valence-electron chi connectivity index (χ3n) is 8.63. The van der Waals surface area contributed by atoms with Gasteiger partial charge in [0.25, 0.3) is 0 Å². The van der Waals surface area contributed by atoms with Crippen LogP contribution in [-0.2, 0) is 0 Å². The van der Waals surface area contributed by atoms with Crippen molar-refractivity contribution in [2.75, 3.05) is 0 Å². The first-order valence-corrected chi connectivity index (χ1v) is 10.5. The van der Waals surface area contributed by atoms with Gasteiger partial charge in [0.2, 0.25) is 0 Å². The molecule has 26 heavy (non-hydrogen) atoms. The summed E-state index contributed by atoms with van der Waals surface area (Å²) in [5.74, 6) is 2.36. The molecular formula is C24H31NO. The molecule has 138 valence electrons. The molecule has 1 heterocycles. The molecule has 2 saturated carbocycles. The molecule has 0 bridgehead atoms. The molecule has 0 aromatic carbocycles. The van der Waals surface area contributed by atoms with Gasteiger partial charge in [0.05, 0.1) is 6.10 Å². The monoisotopic (exact) mass is 349 g/mol. The zero-order chi connectivity index (χ0) is 17.9. The third kappa shape index (κ3) is 2.24. The Bertz CT molecular complexity index is 766. The van der Waals surface area contributed by atoms with Crippen molar-refractivity contribution in [1.82, 2.24) is 4.98 Å². The number of rotatable bonds is 1. The molecule has 5 rings (SSSR count). The lowest BCUT2D eigenvalue weighted by Crippen LogP contribution is -2.49. The topological polar surface area (TPSA) is 33.1 Å². The molecule has 2 nitrogen and oxygen atoms in total. The van der Waals surface area contributed by atoms with Crippen LogP contribution >= 0.6 is 0 Å². The van der Waals surface area contributed by atoms with Crippen LogP contribution in [0.4, 0.5) is 0 Å². The lowest BCUT2D eigenvalue weighted by atomic mass is 9.47. The van der Waals surface area contributed by atoms with Gasteiger partial charge in [-0.1, -0.05) is 37.6 Å². The molecule has 4 aliphatic carbocycles. The van der Waals surface area contributed by atoms with Crippen LogP contribution in [0.25, 0.3) is 5.57 Å². The van der Waals surface area contributed by atoms with E-state index in [1.165, 1.54) is 37.7 Å². The lowest BCUT2D eigenvalue weighted by Gasteiger charge is -2.57. The van der Waals surface area contributed by atoms with E-state index in [1.54, 1.807) is 11.1 Å². The minimum absolute atomic E-state index is 0.106. The van der Waals surface area contributed by atoms with Crippen LogP contribution in [0.2, 0.25) is 0 Å². The number of hydrogen-bond acceptors (Lipinski definition) is 2. The molecule has 2 heteroatoms. The Labute approximate surface area is 157 Å². The summed E-state index contributed by atoms with van der Waals surface area (Å²) in [6.07, 6.45) is 17.0. The van der Waals surface area contributed by atoms with Crippen molar-refractivity contribution in [3.8, 4) is 0 Å². The average Bonchev–Trinajstić information content (AvgIpc) is 3.00. The number of nitrogens with zero attached hydrogens (tertiary/aromatic N) is 1. The van der Waals surface area contributed by atoms with Crippen molar-refractivity contribution >= 4 is 5.57 Å². The van der Waals surface area contributed by atoms with Crippen LogP contribution in [0, 0.1) is 28.6 Å². The third-order valence-corrected chi connectivity index (χ3v) is 8.63. The van der Waals surface area contributed by atoms with Gasteiger partial charge in [0.15, 0.2) is 0 Å². The number of aliphatic hydroxyl groups is 1. The minimum atomic E-state index is -0.106. The Balaban J connectivity index is 1.48. The summed E-state index contributed by atoms with van der Waals surface area (Å²) >= 11 is 0. The molecule has 0 saturated heterocycles. The van der Waals surface area contributed by atoms with Crippen molar-refractivity contribution in [2.45, 2.75) is 64.9 Å². The first kappa shape index (κ1) is 16.7. The number of pyridine rings is 1. The minimum Gasteiger partial charge on any atom is -0.393 e. The molecule has 1 aromatic rings. The second kappa shape index (κ2) is 5.79. The first-order valence-electron chi connectivity index (χ1n) is 10.5. The van der Waals surface area contributed by atoms with Gasteiger partial charge in [0, 0.05) is 12.4 Å². The van der Waals surface area contributed by atoms with Crippen LogP contribution in [0.1, 0.15) is 64.4 Å². The molecule has 0 aliphatic heterocycles. The largest absolute Gasteiger partial charge is 0.393 e. The maximum absolute atomic E-state index is 10.2. The highest BCUT2D eigenvalue weighted by Gasteiger charge is 2.56. The fourth-order valence-electron chi connectivity index (χ4n) is 7.18. The van der Waals surface area contributed by atoms with Gasteiger partial charge in [-0.3, -0.25) is 4.98 Å². The summed E-state index contributed by atoms with van der Waals surface area (Å²) in [5, 5.41) is 10.2. The number of aliphatic hydroxyl groups excluding tert-OH is 1. The molecule has 1 aromatic heterocycles. The molecule has 0 spiro atoms. The molecule has 6 atom stereocenters. The summed E-state index contributed by atoms with van der Waals surface area (Å²) in [6.45, 7) is 5.03. The SMILES string of the molecule is C[C@@]12CC[C@H](O)CC1=CC[C@@H]1[C@H]2CC[C@]2(C)C(c3cccnc3)=CC[C@H]12. The van der Waals surface area contributed by atoms with E-state index < -0.39 is 0 Å². The van der Waals surface area contributed by atoms with Crippen LogP contribution in [-0.4, -0.2) is 16.2 Å². The summed E-state index contributed by atoms with van der Waals surface area (Å²) in [5.41, 5.74) is 5.09. The maximum Gasteiger partial charge on any atom is 0.0577 e. The van der Waals surface area contributed by atoms with Crippen molar-refractivity contribution in [1.29, 1.82) is 0 Å². The molecule has 0 radical (unpaired) electrons. The Morgan fingerprint density at radius 2 is 1.88 bits per heavy atom. The van der Waals surface area contributed by atoms with Gasteiger partial charge in [-0.2, -0.15) is 0 Å². The standard InChI is InChI=1S/C24H31NO/c1-23-11-9-18(26)14-17(23)5-6-19-21-8-7-20(16-4-3-13-25-15-16)24(21,2)12-10-22(19)23/h3-5,7,13,15,18-19,21-22,26H,6,8-12,14H2,1-2H3/t18-,19-,21+,22+,23+,24+/m0/s1. The highest BCUT2D eigenvalue weighted by atomic mass is 16.3. The summed E-state index contributed by atoms with van der Waals surface area (Å²) < 4.78 is 0. The van der Waals surface area contributed by atoms with Crippen molar-refractivity contribution in [3.63, 3.8) is 0 Å². The Morgan fingerprint density at radius 3 is 2.69 bits per heavy atom. The van der Waals surface area contributed by atoms with Crippen molar-refractivity contribution in [2.24, 2.45) is 28.6 Å². The van der Waals surface area contributed by atoms with E-state index in [2.05, 4.69) is 43.1 Å². The predicted molar refractivity (Wildman–Crippen MR) is 105 cm³/mol. The summed E-state index contributed by atoms with van der Waals surface area (Å²) in [6, 6.07) is 4.31. The molecular weight excluding hydrogens is 318 g/mol. The maximum atomic E-state index is 10.2. The van der Waals surface area contributed by atoms with Crippen LogP contribution in [0.5, 0.6) is 0 Å². The zero-order valence-corrected chi connectivity index (χ0v) is 16.1. The second-order valence-corrected chi connectivity index (χ2v) is 9.71. The van der Waals surface area contributed by atoms with Gasteiger partial charge in [-0.15, -0.1) is 0 Å². The van der Waals surface area contributed by atoms with E-state index in [0.29, 0.717) is 10.8 Å². The normalized spacial score (nSPS) is 44.4.